The molecular weight excluding hydrogens is 224 g/mol. The average molecular weight is 242 g/mol. The molecule has 0 unspecified atom stereocenters. The van der Waals surface area contributed by atoms with E-state index in [0.29, 0.717) is 0 Å². The second-order valence-electron chi connectivity index (χ2n) is 4.22. The van der Waals surface area contributed by atoms with Crippen LogP contribution in [0, 0.1) is 6.92 Å². The van der Waals surface area contributed by atoms with Gasteiger partial charge in [0.25, 0.3) is 0 Å². The summed E-state index contributed by atoms with van der Waals surface area (Å²) in [4.78, 5) is 4.11. The number of hydrogen-bond acceptors (Lipinski definition) is 3. The van der Waals surface area contributed by atoms with E-state index in [-0.39, 0.29) is 0 Å². The van der Waals surface area contributed by atoms with Crippen LogP contribution in [0.15, 0.2) is 42.7 Å². The molecule has 0 bridgehead atoms. The lowest BCUT2D eigenvalue weighted by Crippen LogP contribution is -2.06. The van der Waals surface area contributed by atoms with Crippen molar-refractivity contribution in [2.24, 2.45) is 0 Å². The Morgan fingerprint density at radius 1 is 1.28 bits per heavy atom. The van der Waals surface area contributed by atoms with Gasteiger partial charge in [-0.3, -0.25) is 4.98 Å². The van der Waals surface area contributed by atoms with Gasteiger partial charge in [0, 0.05) is 24.6 Å². The highest BCUT2D eigenvalue weighted by Crippen LogP contribution is 2.20. The quantitative estimate of drug-likeness (QED) is 0.875. The molecule has 1 aromatic heterocycles. The first-order valence-electron chi connectivity index (χ1n) is 6.07. The minimum absolute atomic E-state index is 0.894. The average Bonchev–Trinajstić information content (AvgIpc) is 2.42. The van der Waals surface area contributed by atoms with Gasteiger partial charge >= 0.3 is 0 Å². The topological polar surface area (TPSA) is 34.1 Å². The molecule has 0 aliphatic carbocycles. The molecule has 0 atom stereocenters. The molecule has 1 heterocycles. The lowest BCUT2D eigenvalue weighted by molar-refractivity contribution is 0.414. The zero-order valence-electron chi connectivity index (χ0n) is 10.8. The standard InChI is InChI=1S/C15H18N2O/c1-12-10-14(18-2)5-6-15(12)17-9-7-13-4-3-8-16-11-13/h3-6,8,10-11,17H,7,9H2,1-2H3. The number of rotatable bonds is 5. The van der Waals surface area contributed by atoms with Crippen LogP contribution in [0.1, 0.15) is 11.1 Å². The molecule has 0 saturated carbocycles. The summed E-state index contributed by atoms with van der Waals surface area (Å²) in [7, 11) is 1.68. The molecule has 2 aromatic rings. The highest BCUT2D eigenvalue weighted by atomic mass is 16.5. The molecule has 94 valence electrons. The molecular formula is C15H18N2O. The number of anilines is 1. The normalized spacial score (nSPS) is 10.1. The van der Waals surface area contributed by atoms with Crippen molar-refractivity contribution in [2.45, 2.75) is 13.3 Å². The second-order valence-corrected chi connectivity index (χ2v) is 4.22. The van der Waals surface area contributed by atoms with Crippen LogP contribution in [0.25, 0.3) is 0 Å². The van der Waals surface area contributed by atoms with Gasteiger partial charge in [-0.1, -0.05) is 6.07 Å². The van der Waals surface area contributed by atoms with Gasteiger partial charge < -0.3 is 10.1 Å². The van der Waals surface area contributed by atoms with E-state index in [1.54, 1.807) is 13.3 Å². The fraction of sp³-hybridized carbons (Fsp3) is 0.267. The smallest absolute Gasteiger partial charge is 0.119 e. The monoisotopic (exact) mass is 242 g/mol. The first kappa shape index (κ1) is 12.4. The van der Waals surface area contributed by atoms with Gasteiger partial charge in [0.1, 0.15) is 5.75 Å². The Labute approximate surface area is 108 Å². The predicted molar refractivity (Wildman–Crippen MR) is 74.2 cm³/mol. The molecule has 0 saturated heterocycles. The highest BCUT2D eigenvalue weighted by Gasteiger charge is 2.00. The van der Waals surface area contributed by atoms with Crippen molar-refractivity contribution in [3.63, 3.8) is 0 Å². The van der Waals surface area contributed by atoms with Crippen molar-refractivity contribution >= 4 is 5.69 Å². The van der Waals surface area contributed by atoms with Crippen LogP contribution in [0.2, 0.25) is 0 Å². The van der Waals surface area contributed by atoms with Crippen molar-refractivity contribution in [3.05, 3.63) is 53.9 Å². The fourth-order valence-corrected chi connectivity index (χ4v) is 1.85. The van der Waals surface area contributed by atoms with Gasteiger partial charge in [0.15, 0.2) is 0 Å². The zero-order valence-corrected chi connectivity index (χ0v) is 10.8. The summed E-state index contributed by atoms with van der Waals surface area (Å²) in [5, 5.41) is 3.43. The van der Waals surface area contributed by atoms with Gasteiger partial charge in [0.2, 0.25) is 0 Å². The van der Waals surface area contributed by atoms with Crippen LogP contribution >= 0.6 is 0 Å². The number of hydrogen-bond donors (Lipinski definition) is 1. The molecule has 1 N–H and O–H groups in total. The summed E-state index contributed by atoms with van der Waals surface area (Å²) < 4.78 is 5.19. The molecule has 0 spiro atoms. The first-order valence-corrected chi connectivity index (χ1v) is 6.07. The Morgan fingerprint density at radius 2 is 2.17 bits per heavy atom. The third-order valence-electron chi connectivity index (χ3n) is 2.89. The van der Waals surface area contributed by atoms with Crippen LogP contribution in [-0.4, -0.2) is 18.6 Å². The Morgan fingerprint density at radius 3 is 2.83 bits per heavy atom. The van der Waals surface area contributed by atoms with Gasteiger partial charge in [-0.05, 0) is 48.7 Å². The van der Waals surface area contributed by atoms with E-state index in [9.17, 15) is 0 Å². The molecule has 3 nitrogen and oxygen atoms in total. The van der Waals surface area contributed by atoms with Gasteiger partial charge in [-0.15, -0.1) is 0 Å². The summed E-state index contributed by atoms with van der Waals surface area (Å²) in [5.74, 6) is 0.894. The lowest BCUT2D eigenvalue weighted by Gasteiger charge is -2.10. The van der Waals surface area contributed by atoms with Crippen molar-refractivity contribution in [2.75, 3.05) is 19.0 Å². The van der Waals surface area contributed by atoms with Gasteiger partial charge in [0.05, 0.1) is 7.11 Å². The SMILES string of the molecule is COc1ccc(NCCc2cccnc2)c(C)c1. The number of aryl methyl sites for hydroxylation is 1. The lowest BCUT2D eigenvalue weighted by atomic mass is 10.1. The van der Waals surface area contributed by atoms with Crippen LogP contribution in [0.4, 0.5) is 5.69 Å². The molecule has 0 radical (unpaired) electrons. The Kier molecular flexibility index (Phi) is 4.18. The second kappa shape index (κ2) is 6.05. The van der Waals surface area contributed by atoms with E-state index in [0.717, 1.165) is 24.4 Å². The van der Waals surface area contributed by atoms with Crippen LogP contribution in [-0.2, 0) is 6.42 Å². The van der Waals surface area contributed by atoms with Crippen LogP contribution in [0.5, 0.6) is 5.75 Å². The summed E-state index contributed by atoms with van der Waals surface area (Å²) in [6.07, 6.45) is 4.67. The minimum Gasteiger partial charge on any atom is -0.497 e. The van der Waals surface area contributed by atoms with Crippen molar-refractivity contribution < 1.29 is 4.74 Å². The van der Waals surface area contributed by atoms with Crippen molar-refractivity contribution in [1.29, 1.82) is 0 Å². The number of nitrogens with zero attached hydrogens (tertiary/aromatic N) is 1. The minimum atomic E-state index is 0.894. The number of nitrogens with one attached hydrogen (secondary N) is 1. The summed E-state index contributed by atoms with van der Waals surface area (Å²) in [5.41, 5.74) is 3.59. The van der Waals surface area contributed by atoms with E-state index in [1.165, 1.54) is 11.1 Å². The van der Waals surface area contributed by atoms with Crippen molar-refractivity contribution in [3.8, 4) is 5.75 Å². The molecule has 0 aliphatic heterocycles. The predicted octanol–water partition coefficient (Wildman–Crippen LogP) is 3.05. The molecule has 1 aromatic carbocycles. The fourth-order valence-electron chi connectivity index (χ4n) is 1.85. The van der Waals surface area contributed by atoms with E-state index in [2.05, 4.69) is 29.4 Å². The van der Waals surface area contributed by atoms with Crippen LogP contribution in [0.3, 0.4) is 0 Å². The summed E-state index contributed by atoms with van der Waals surface area (Å²) >= 11 is 0. The summed E-state index contributed by atoms with van der Waals surface area (Å²) in [6, 6.07) is 10.1. The molecule has 0 fully saturated rings. The zero-order chi connectivity index (χ0) is 12.8. The van der Waals surface area contributed by atoms with E-state index >= 15 is 0 Å². The maximum absolute atomic E-state index is 5.19. The maximum atomic E-state index is 5.19. The molecule has 18 heavy (non-hydrogen) atoms. The van der Waals surface area contributed by atoms with Crippen molar-refractivity contribution in [1.82, 2.24) is 4.98 Å². The Hall–Kier alpha value is -2.03. The van der Waals surface area contributed by atoms with E-state index < -0.39 is 0 Å². The largest absolute Gasteiger partial charge is 0.497 e. The number of aromatic nitrogens is 1. The molecule has 2 rings (SSSR count). The Balaban J connectivity index is 1.91. The third-order valence-corrected chi connectivity index (χ3v) is 2.89. The highest BCUT2D eigenvalue weighted by molar-refractivity contribution is 5.53. The number of methoxy groups -OCH3 is 1. The van der Waals surface area contributed by atoms with Gasteiger partial charge in [-0.25, -0.2) is 0 Å². The molecule has 0 amide bonds. The van der Waals surface area contributed by atoms with Crippen LogP contribution < -0.4 is 10.1 Å². The molecule has 3 heteroatoms. The maximum Gasteiger partial charge on any atom is 0.119 e. The summed E-state index contributed by atoms with van der Waals surface area (Å²) in [6.45, 7) is 2.98. The van der Waals surface area contributed by atoms with Gasteiger partial charge in [-0.2, -0.15) is 0 Å². The Bertz CT molecular complexity index is 497. The van der Waals surface area contributed by atoms with E-state index in [1.807, 2.05) is 24.4 Å². The number of ether oxygens (including phenoxy) is 1. The number of pyridine rings is 1. The molecule has 0 aliphatic rings. The number of benzene rings is 1. The van der Waals surface area contributed by atoms with E-state index in [4.69, 9.17) is 4.74 Å². The first-order chi connectivity index (χ1) is 8.79. The third kappa shape index (κ3) is 3.23.